The molecule has 94 valence electrons. The Labute approximate surface area is 114 Å². The van der Waals surface area contributed by atoms with Crippen LogP contribution in [0.3, 0.4) is 0 Å². The second-order valence-electron chi connectivity index (χ2n) is 4.01. The van der Waals surface area contributed by atoms with Crippen LogP contribution in [0.4, 0.5) is 4.39 Å². The summed E-state index contributed by atoms with van der Waals surface area (Å²) in [5, 5.41) is 2.07. The second kappa shape index (κ2) is 4.86. The second-order valence-corrected chi connectivity index (χ2v) is 4.37. The van der Waals surface area contributed by atoms with Crippen molar-refractivity contribution in [3.05, 3.63) is 65.7 Å². The number of pyridine rings is 1. The van der Waals surface area contributed by atoms with Crippen molar-refractivity contribution in [2.24, 2.45) is 0 Å². The van der Waals surface area contributed by atoms with Gasteiger partial charge in [0.1, 0.15) is 22.5 Å². The van der Waals surface area contributed by atoms with Crippen molar-refractivity contribution in [1.82, 2.24) is 4.98 Å². The summed E-state index contributed by atoms with van der Waals surface area (Å²) in [5.41, 5.74) is 0. The van der Waals surface area contributed by atoms with Crippen LogP contribution in [0.2, 0.25) is 5.15 Å². The molecule has 0 radical (unpaired) electrons. The molecule has 0 saturated carbocycles. The fourth-order valence-corrected chi connectivity index (χ4v) is 2.13. The number of nitrogens with zero attached hydrogens (tertiary/aromatic N) is 1. The van der Waals surface area contributed by atoms with Gasteiger partial charge >= 0.3 is 0 Å². The van der Waals surface area contributed by atoms with Crippen LogP contribution in [-0.2, 0) is 0 Å². The van der Waals surface area contributed by atoms with Gasteiger partial charge in [-0.05, 0) is 41.8 Å². The average molecular weight is 274 g/mol. The third kappa shape index (κ3) is 2.37. The highest BCUT2D eigenvalue weighted by Crippen LogP contribution is 2.33. The van der Waals surface area contributed by atoms with E-state index in [4.69, 9.17) is 16.3 Å². The van der Waals surface area contributed by atoms with Crippen LogP contribution < -0.4 is 4.74 Å². The lowest BCUT2D eigenvalue weighted by Gasteiger charge is -2.09. The number of halogens is 2. The number of fused-ring (bicyclic) bond motifs is 1. The first-order valence-corrected chi connectivity index (χ1v) is 6.08. The number of ether oxygens (including phenoxy) is 1. The van der Waals surface area contributed by atoms with E-state index in [1.165, 1.54) is 12.1 Å². The van der Waals surface area contributed by atoms with E-state index in [9.17, 15) is 4.39 Å². The lowest BCUT2D eigenvalue weighted by molar-refractivity contribution is 0.486. The molecular weight excluding hydrogens is 265 g/mol. The largest absolute Gasteiger partial charge is 0.457 e. The quantitative estimate of drug-likeness (QED) is 0.625. The predicted octanol–water partition coefficient (Wildman–Crippen LogP) is 4.82. The maximum absolute atomic E-state index is 12.9. The van der Waals surface area contributed by atoms with Gasteiger partial charge in [-0.1, -0.05) is 23.7 Å². The molecule has 0 N–H and O–H groups in total. The summed E-state index contributed by atoms with van der Waals surface area (Å²) in [5.74, 6) is 0.848. The molecule has 0 atom stereocenters. The molecule has 0 unspecified atom stereocenters. The van der Waals surface area contributed by atoms with Crippen LogP contribution in [0, 0.1) is 5.82 Å². The Balaban J connectivity index is 2.08. The minimum atomic E-state index is -0.301. The van der Waals surface area contributed by atoms with E-state index in [-0.39, 0.29) is 5.82 Å². The molecule has 3 rings (SSSR count). The minimum Gasteiger partial charge on any atom is -0.457 e. The van der Waals surface area contributed by atoms with E-state index >= 15 is 0 Å². The van der Waals surface area contributed by atoms with Crippen molar-refractivity contribution in [3.63, 3.8) is 0 Å². The van der Waals surface area contributed by atoms with Gasteiger partial charge in [0.05, 0.1) is 5.39 Å². The summed E-state index contributed by atoms with van der Waals surface area (Å²) in [6.07, 6.45) is 1.65. The van der Waals surface area contributed by atoms with E-state index in [0.29, 0.717) is 16.7 Å². The summed E-state index contributed by atoms with van der Waals surface area (Å²) < 4.78 is 18.6. The number of hydrogen-bond donors (Lipinski definition) is 0. The van der Waals surface area contributed by atoms with Gasteiger partial charge in [0, 0.05) is 6.20 Å². The van der Waals surface area contributed by atoms with Crippen molar-refractivity contribution in [2.45, 2.75) is 0 Å². The van der Waals surface area contributed by atoms with Gasteiger partial charge in [0.2, 0.25) is 0 Å². The smallest absolute Gasteiger partial charge is 0.140 e. The predicted molar refractivity (Wildman–Crippen MR) is 73.2 cm³/mol. The molecule has 1 heterocycles. The van der Waals surface area contributed by atoms with Crippen LogP contribution in [0.25, 0.3) is 10.8 Å². The summed E-state index contributed by atoms with van der Waals surface area (Å²) in [7, 11) is 0. The third-order valence-corrected chi connectivity index (χ3v) is 3.03. The fraction of sp³-hybridized carbons (Fsp3) is 0. The van der Waals surface area contributed by atoms with Gasteiger partial charge in [-0.25, -0.2) is 9.37 Å². The molecular formula is C15H9ClFNO. The zero-order valence-electron chi connectivity index (χ0n) is 9.81. The first-order chi connectivity index (χ1) is 9.24. The van der Waals surface area contributed by atoms with Gasteiger partial charge in [0.15, 0.2) is 0 Å². The highest BCUT2D eigenvalue weighted by Gasteiger charge is 2.08. The molecule has 0 aliphatic rings. The minimum absolute atomic E-state index is 0.301. The topological polar surface area (TPSA) is 22.1 Å². The number of rotatable bonds is 2. The molecule has 0 spiro atoms. The fourth-order valence-electron chi connectivity index (χ4n) is 1.87. The molecule has 0 amide bonds. The van der Waals surface area contributed by atoms with Crippen molar-refractivity contribution in [1.29, 1.82) is 0 Å². The van der Waals surface area contributed by atoms with Gasteiger partial charge < -0.3 is 4.74 Å². The Hall–Kier alpha value is -2.13. The van der Waals surface area contributed by atoms with Gasteiger partial charge in [0.25, 0.3) is 0 Å². The first-order valence-electron chi connectivity index (χ1n) is 5.71. The Morgan fingerprint density at radius 1 is 1.00 bits per heavy atom. The lowest BCUT2D eigenvalue weighted by Crippen LogP contribution is -1.88. The Kier molecular flexibility index (Phi) is 3.05. The van der Waals surface area contributed by atoms with E-state index in [1.54, 1.807) is 24.4 Å². The zero-order valence-corrected chi connectivity index (χ0v) is 10.6. The summed E-state index contributed by atoms with van der Waals surface area (Å²) >= 11 is 6.10. The van der Waals surface area contributed by atoms with Crippen molar-refractivity contribution in [2.75, 3.05) is 0 Å². The molecule has 4 heteroatoms. The van der Waals surface area contributed by atoms with E-state index < -0.39 is 0 Å². The monoisotopic (exact) mass is 273 g/mol. The van der Waals surface area contributed by atoms with Gasteiger partial charge in [-0.3, -0.25) is 0 Å². The SMILES string of the molecule is Fc1ccc(Oc2cccc3ccnc(Cl)c23)cc1. The maximum atomic E-state index is 12.9. The normalized spacial score (nSPS) is 10.6. The molecule has 0 aliphatic heterocycles. The highest BCUT2D eigenvalue weighted by molar-refractivity contribution is 6.34. The van der Waals surface area contributed by atoms with Crippen LogP contribution in [-0.4, -0.2) is 4.98 Å². The molecule has 1 aromatic heterocycles. The first kappa shape index (κ1) is 11.9. The molecule has 0 fully saturated rings. The van der Waals surface area contributed by atoms with Crippen LogP contribution in [0.15, 0.2) is 54.7 Å². The molecule has 0 aliphatic carbocycles. The molecule has 2 nitrogen and oxygen atoms in total. The van der Waals surface area contributed by atoms with Crippen LogP contribution in [0.5, 0.6) is 11.5 Å². The Morgan fingerprint density at radius 3 is 2.58 bits per heavy atom. The molecule has 0 bridgehead atoms. The van der Waals surface area contributed by atoms with E-state index in [1.807, 2.05) is 18.2 Å². The Bertz CT molecular complexity index is 723. The standard InChI is InChI=1S/C15H9ClFNO/c16-15-14-10(8-9-18-15)2-1-3-13(14)19-12-6-4-11(17)5-7-12/h1-9H. The van der Waals surface area contributed by atoms with E-state index in [0.717, 1.165) is 10.8 Å². The summed E-state index contributed by atoms with van der Waals surface area (Å²) in [6, 6.07) is 13.3. The summed E-state index contributed by atoms with van der Waals surface area (Å²) in [4.78, 5) is 4.05. The number of benzene rings is 2. The van der Waals surface area contributed by atoms with Gasteiger partial charge in [-0.2, -0.15) is 0 Å². The highest BCUT2D eigenvalue weighted by atomic mass is 35.5. The number of hydrogen-bond acceptors (Lipinski definition) is 2. The van der Waals surface area contributed by atoms with Crippen molar-refractivity contribution in [3.8, 4) is 11.5 Å². The van der Waals surface area contributed by atoms with Crippen molar-refractivity contribution < 1.29 is 9.13 Å². The molecule has 19 heavy (non-hydrogen) atoms. The van der Waals surface area contributed by atoms with Crippen LogP contribution >= 0.6 is 11.6 Å². The number of aromatic nitrogens is 1. The van der Waals surface area contributed by atoms with Gasteiger partial charge in [-0.15, -0.1) is 0 Å². The third-order valence-electron chi connectivity index (χ3n) is 2.75. The lowest BCUT2D eigenvalue weighted by atomic mass is 10.1. The van der Waals surface area contributed by atoms with E-state index in [2.05, 4.69) is 4.98 Å². The maximum Gasteiger partial charge on any atom is 0.140 e. The van der Waals surface area contributed by atoms with Crippen molar-refractivity contribution >= 4 is 22.4 Å². The molecule has 2 aromatic carbocycles. The zero-order chi connectivity index (χ0) is 13.2. The molecule has 0 saturated heterocycles. The Morgan fingerprint density at radius 2 is 1.79 bits per heavy atom. The average Bonchev–Trinajstić information content (AvgIpc) is 2.42. The summed E-state index contributed by atoms with van der Waals surface area (Å²) in [6.45, 7) is 0. The van der Waals surface area contributed by atoms with Crippen LogP contribution in [0.1, 0.15) is 0 Å². The molecule has 3 aromatic rings.